The molecule has 0 fully saturated rings. The first kappa shape index (κ1) is 79.0. The zero-order valence-corrected chi connectivity index (χ0v) is 55.4. The van der Waals surface area contributed by atoms with E-state index in [9.17, 15) is 19.0 Å². The largest absolute Gasteiger partial charge is 0.756 e. The van der Waals surface area contributed by atoms with Crippen molar-refractivity contribution in [1.82, 2.24) is 5.32 Å². The van der Waals surface area contributed by atoms with Gasteiger partial charge < -0.3 is 28.5 Å². The number of allylic oxidation sites excluding steroid dienone is 7. The molecule has 3 unspecified atom stereocenters. The number of phosphoric ester groups is 1. The predicted octanol–water partition coefficient (Wildman–Crippen LogP) is 21.4. The molecule has 476 valence electrons. The molecule has 9 nitrogen and oxygen atoms in total. The summed E-state index contributed by atoms with van der Waals surface area (Å²) in [6.45, 7) is 6.87. The number of carbonyl (C=O) groups excluding carboxylic acids is 2. The van der Waals surface area contributed by atoms with Gasteiger partial charge in [-0.1, -0.05) is 307 Å². The van der Waals surface area contributed by atoms with E-state index in [0.717, 1.165) is 83.5 Å². The van der Waals surface area contributed by atoms with Crippen molar-refractivity contribution in [3.05, 3.63) is 48.6 Å². The number of phosphoric acid groups is 1. The molecule has 0 saturated carbocycles. The smallest absolute Gasteiger partial charge is 0.306 e. The molecule has 0 aliphatic carbocycles. The fourth-order valence-corrected chi connectivity index (χ4v) is 11.1. The van der Waals surface area contributed by atoms with Crippen LogP contribution < -0.4 is 10.2 Å². The third-order valence-electron chi connectivity index (χ3n) is 15.8. The molecule has 0 radical (unpaired) electrons. The first-order chi connectivity index (χ1) is 39.4. The Hall–Kier alpha value is -2.03. The second-order valence-corrected chi connectivity index (χ2v) is 26.5. The maximum Gasteiger partial charge on any atom is 0.306 e. The molecule has 0 aromatic rings. The number of quaternary nitrogens is 1. The minimum Gasteiger partial charge on any atom is -0.756 e. The van der Waals surface area contributed by atoms with Crippen LogP contribution in [0.25, 0.3) is 0 Å². The lowest BCUT2D eigenvalue weighted by Gasteiger charge is -2.30. The fraction of sp³-hybridized carbons (Fsp3) is 0.859. The summed E-state index contributed by atoms with van der Waals surface area (Å²) in [5, 5.41) is 3.05. The van der Waals surface area contributed by atoms with Gasteiger partial charge in [-0.3, -0.25) is 14.2 Å². The number of unbranched alkanes of at least 4 members (excludes halogenated alkanes) is 42. The molecule has 0 heterocycles. The van der Waals surface area contributed by atoms with Crippen molar-refractivity contribution in [3.63, 3.8) is 0 Å². The number of nitrogens with one attached hydrogen (secondary N) is 1. The molecular weight excluding hydrogens is 1020 g/mol. The van der Waals surface area contributed by atoms with Gasteiger partial charge in [0.15, 0.2) is 0 Å². The van der Waals surface area contributed by atoms with Crippen molar-refractivity contribution in [3.8, 4) is 0 Å². The van der Waals surface area contributed by atoms with E-state index in [1.54, 1.807) is 0 Å². The SMILES string of the molecule is CCCCC/C=C\C/C=C\C/C=C\CCCCCCCCCCC(=O)OC(/C=C/CCCCCCCCCCCCC)C(COP(=O)([O-])OCC[N+](C)(C)C)NC(=O)CCCCCCCCCCCCCCCCCCCCCCC. The summed E-state index contributed by atoms with van der Waals surface area (Å²) in [7, 11) is 1.19. The van der Waals surface area contributed by atoms with Gasteiger partial charge in [0.1, 0.15) is 19.3 Å². The minimum absolute atomic E-state index is 0.0219. The van der Waals surface area contributed by atoms with Crippen molar-refractivity contribution in [2.75, 3.05) is 40.9 Å². The second kappa shape index (κ2) is 61.1. The van der Waals surface area contributed by atoms with Gasteiger partial charge in [-0.15, -0.1) is 0 Å². The number of hydrogen-bond donors (Lipinski definition) is 1. The molecule has 3 atom stereocenters. The molecule has 81 heavy (non-hydrogen) atoms. The minimum atomic E-state index is -4.70. The summed E-state index contributed by atoms with van der Waals surface area (Å²) >= 11 is 0. The van der Waals surface area contributed by atoms with Crippen LogP contribution in [0.2, 0.25) is 0 Å². The maximum atomic E-state index is 13.6. The van der Waals surface area contributed by atoms with Gasteiger partial charge >= 0.3 is 5.97 Å². The Morgan fingerprint density at radius 1 is 0.432 bits per heavy atom. The Balaban J connectivity index is 5.14. The number of carbonyl (C=O) groups is 2. The molecule has 1 amide bonds. The predicted molar refractivity (Wildman–Crippen MR) is 349 cm³/mol. The highest BCUT2D eigenvalue weighted by molar-refractivity contribution is 7.45. The summed E-state index contributed by atoms with van der Waals surface area (Å²) in [6.07, 6.45) is 76.5. The standard InChI is InChI=1S/C71H135N2O7P/c1-7-10-13-16-19-22-25-28-30-32-34-36-38-40-42-45-48-51-54-57-60-63-70(74)72-68(67-79-81(76,77)78-66-65-73(4,5)6)69(62-59-56-53-50-47-44-27-24-21-18-15-12-9-3)80-71(75)64-61-58-55-52-49-46-43-41-39-37-35-33-31-29-26-23-20-17-14-11-8-2/h20,23,29,31,35,37,59,62,68-69H,7-19,21-22,24-28,30,32-34,36,38-58,60-61,63-67H2,1-6H3,(H-,72,74,76,77)/b23-20-,31-29-,37-35-,62-59+. The molecule has 0 spiro atoms. The molecule has 0 rings (SSSR count). The number of rotatable bonds is 64. The van der Waals surface area contributed by atoms with Gasteiger partial charge in [-0.05, 0) is 70.3 Å². The Morgan fingerprint density at radius 3 is 1.15 bits per heavy atom. The van der Waals surface area contributed by atoms with Crippen LogP contribution in [0.4, 0.5) is 0 Å². The average molecular weight is 1160 g/mol. The number of ether oxygens (including phenoxy) is 1. The van der Waals surface area contributed by atoms with E-state index in [0.29, 0.717) is 17.4 Å². The molecular formula is C71H135N2O7P. The van der Waals surface area contributed by atoms with Crippen molar-refractivity contribution < 1.29 is 37.3 Å². The molecule has 0 aromatic heterocycles. The summed E-state index contributed by atoms with van der Waals surface area (Å²) in [6, 6.07) is -0.890. The van der Waals surface area contributed by atoms with Crippen LogP contribution in [0, 0.1) is 0 Å². The van der Waals surface area contributed by atoms with E-state index in [1.165, 1.54) is 225 Å². The molecule has 0 aliphatic rings. The first-order valence-corrected chi connectivity index (χ1v) is 36.4. The number of esters is 1. The number of likely N-dealkylation sites (N-methyl/N-ethyl adjacent to an activating group) is 1. The van der Waals surface area contributed by atoms with E-state index >= 15 is 0 Å². The number of hydrogen-bond acceptors (Lipinski definition) is 7. The van der Waals surface area contributed by atoms with Crippen molar-refractivity contribution in [2.24, 2.45) is 0 Å². The lowest BCUT2D eigenvalue weighted by molar-refractivity contribution is -0.870. The fourth-order valence-electron chi connectivity index (χ4n) is 10.4. The zero-order chi connectivity index (χ0) is 59.3. The third kappa shape index (κ3) is 62.3. The molecule has 0 aromatic carbocycles. The van der Waals surface area contributed by atoms with E-state index in [4.69, 9.17) is 13.8 Å². The normalized spacial score (nSPS) is 13.8. The summed E-state index contributed by atoms with van der Waals surface area (Å²) in [4.78, 5) is 40.2. The van der Waals surface area contributed by atoms with E-state index in [2.05, 4.69) is 62.5 Å². The van der Waals surface area contributed by atoms with E-state index in [-0.39, 0.29) is 31.5 Å². The van der Waals surface area contributed by atoms with Crippen LogP contribution in [0.5, 0.6) is 0 Å². The maximum absolute atomic E-state index is 13.6. The Morgan fingerprint density at radius 2 is 0.753 bits per heavy atom. The molecule has 1 N–H and O–H groups in total. The van der Waals surface area contributed by atoms with Gasteiger partial charge in [-0.2, -0.15) is 0 Å². The first-order valence-electron chi connectivity index (χ1n) is 34.9. The number of nitrogens with zero attached hydrogens (tertiary/aromatic N) is 1. The second-order valence-electron chi connectivity index (χ2n) is 25.0. The van der Waals surface area contributed by atoms with Gasteiger partial charge in [0.25, 0.3) is 7.82 Å². The van der Waals surface area contributed by atoms with Gasteiger partial charge in [0.2, 0.25) is 5.91 Å². The molecule has 0 bridgehead atoms. The summed E-state index contributed by atoms with van der Waals surface area (Å²) in [5.41, 5.74) is 0. The highest BCUT2D eigenvalue weighted by Gasteiger charge is 2.27. The highest BCUT2D eigenvalue weighted by atomic mass is 31.2. The topological polar surface area (TPSA) is 114 Å². The quantitative estimate of drug-likeness (QED) is 0.0212. The highest BCUT2D eigenvalue weighted by Crippen LogP contribution is 2.38. The van der Waals surface area contributed by atoms with Crippen LogP contribution >= 0.6 is 7.82 Å². The molecule has 0 aliphatic heterocycles. The van der Waals surface area contributed by atoms with E-state index in [1.807, 2.05) is 33.3 Å². The van der Waals surface area contributed by atoms with Gasteiger partial charge in [-0.25, -0.2) is 0 Å². The molecule has 0 saturated heterocycles. The third-order valence-corrected chi connectivity index (χ3v) is 16.7. The Labute approximate surface area is 503 Å². The van der Waals surface area contributed by atoms with E-state index < -0.39 is 20.0 Å². The number of amides is 1. The van der Waals surface area contributed by atoms with Crippen LogP contribution in [0.1, 0.15) is 342 Å². The zero-order valence-electron chi connectivity index (χ0n) is 54.5. The molecule has 10 heteroatoms. The van der Waals surface area contributed by atoms with Crippen molar-refractivity contribution >= 4 is 19.7 Å². The summed E-state index contributed by atoms with van der Waals surface area (Å²) < 4.78 is 30.4. The Kier molecular flexibility index (Phi) is 59.5. The van der Waals surface area contributed by atoms with Crippen LogP contribution in [-0.4, -0.2) is 69.4 Å². The van der Waals surface area contributed by atoms with Crippen LogP contribution in [0.15, 0.2) is 48.6 Å². The van der Waals surface area contributed by atoms with Crippen molar-refractivity contribution in [2.45, 2.75) is 354 Å². The van der Waals surface area contributed by atoms with Crippen LogP contribution in [0.3, 0.4) is 0 Å². The lowest BCUT2D eigenvalue weighted by atomic mass is 10.0. The summed E-state index contributed by atoms with van der Waals surface area (Å²) in [5.74, 6) is -0.533. The average Bonchev–Trinajstić information content (AvgIpc) is 3.44. The van der Waals surface area contributed by atoms with Crippen LogP contribution in [-0.2, 0) is 27.9 Å². The van der Waals surface area contributed by atoms with Gasteiger partial charge in [0.05, 0.1) is 33.8 Å². The monoisotopic (exact) mass is 1160 g/mol. The Bertz CT molecular complexity index is 1520. The lowest BCUT2D eigenvalue weighted by Crippen LogP contribution is -2.47. The van der Waals surface area contributed by atoms with Crippen molar-refractivity contribution in [1.29, 1.82) is 0 Å². The van der Waals surface area contributed by atoms with Gasteiger partial charge in [0, 0.05) is 12.8 Å².